The summed E-state index contributed by atoms with van der Waals surface area (Å²) in [6.45, 7) is 3.63. The van der Waals surface area contributed by atoms with Gasteiger partial charge in [0, 0.05) is 6.42 Å². The summed E-state index contributed by atoms with van der Waals surface area (Å²) >= 11 is 0. The molecule has 2 aromatic rings. The Kier molecular flexibility index (Phi) is 9.12. The van der Waals surface area contributed by atoms with Gasteiger partial charge in [0.2, 0.25) is 5.91 Å². The second-order valence-corrected chi connectivity index (χ2v) is 6.71. The summed E-state index contributed by atoms with van der Waals surface area (Å²) in [4.78, 5) is 36.5. The molecule has 2 amide bonds. The number of ether oxygens (including phenoxy) is 1. The molecule has 7 nitrogen and oxygen atoms in total. The van der Waals surface area contributed by atoms with Crippen molar-refractivity contribution < 1.29 is 24.2 Å². The molecular weight excluding hydrogens is 384 g/mol. The average molecular weight is 410 g/mol. The Bertz CT molecular complexity index is 839. The summed E-state index contributed by atoms with van der Waals surface area (Å²) < 4.78 is 5.20. The van der Waals surface area contributed by atoms with Crippen LogP contribution in [0.4, 0.5) is 4.79 Å². The molecule has 0 unspecified atom stereocenters. The number of carbonyl (C=O) groups excluding carboxylic acids is 2. The van der Waals surface area contributed by atoms with E-state index in [0.29, 0.717) is 6.42 Å². The molecule has 0 aliphatic rings. The molecule has 0 bridgehead atoms. The van der Waals surface area contributed by atoms with Gasteiger partial charge in [0.25, 0.3) is 0 Å². The van der Waals surface area contributed by atoms with Crippen molar-refractivity contribution in [2.24, 2.45) is 0 Å². The standard InChI is InChI=1S/C23H26N2O5/c1-2-3-14-19(22(27)28)24-21(26)20(15-17-10-6-4-7-11-17)25-23(29)30-16-18-12-8-5-9-13-18/h2,4-13,19-20H,1,3,14-16H2,(H,24,26)(H,25,29)(H,27,28)/t19-,20-/m1/s1. The Morgan fingerprint density at radius 3 is 2.10 bits per heavy atom. The van der Waals surface area contributed by atoms with Crippen LogP contribution in [-0.4, -0.2) is 35.2 Å². The second kappa shape index (κ2) is 12.1. The number of carboxylic acids is 1. The summed E-state index contributed by atoms with van der Waals surface area (Å²) in [7, 11) is 0. The molecular formula is C23H26N2O5. The number of nitrogens with one attached hydrogen (secondary N) is 2. The Labute approximate surface area is 175 Å². The van der Waals surface area contributed by atoms with E-state index in [1.165, 1.54) is 0 Å². The Morgan fingerprint density at radius 1 is 0.933 bits per heavy atom. The first kappa shape index (κ1) is 22.7. The number of hydrogen-bond donors (Lipinski definition) is 3. The van der Waals surface area contributed by atoms with Crippen LogP contribution in [0.25, 0.3) is 0 Å². The minimum absolute atomic E-state index is 0.0590. The molecule has 0 aromatic heterocycles. The highest BCUT2D eigenvalue weighted by molar-refractivity contribution is 5.89. The van der Waals surface area contributed by atoms with Crippen molar-refractivity contribution >= 4 is 18.0 Å². The number of rotatable bonds is 11. The lowest BCUT2D eigenvalue weighted by atomic mass is 10.0. The Morgan fingerprint density at radius 2 is 1.53 bits per heavy atom. The first-order valence-corrected chi connectivity index (χ1v) is 9.64. The number of carboxylic acid groups (broad SMARTS) is 1. The van der Waals surface area contributed by atoms with Crippen molar-refractivity contribution in [3.05, 3.63) is 84.4 Å². The zero-order chi connectivity index (χ0) is 21.8. The number of aliphatic carboxylic acids is 1. The zero-order valence-corrected chi connectivity index (χ0v) is 16.6. The van der Waals surface area contributed by atoms with E-state index in [9.17, 15) is 19.5 Å². The quantitative estimate of drug-likeness (QED) is 0.494. The third kappa shape index (κ3) is 7.79. The highest BCUT2D eigenvalue weighted by Gasteiger charge is 2.27. The SMILES string of the molecule is C=CCC[C@@H](NC(=O)[C@@H](Cc1ccccc1)NC(=O)OCc1ccccc1)C(=O)O. The van der Waals surface area contributed by atoms with E-state index in [-0.39, 0.29) is 19.4 Å². The van der Waals surface area contributed by atoms with E-state index >= 15 is 0 Å². The van der Waals surface area contributed by atoms with Crippen LogP contribution in [0, 0.1) is 0 Å². The molecule has 0 aliphatic carbocycles. The molecule has 0 saturated carbocycles. The molecule has 3 N–H and O–H groups in total. The lowest BCUT2D eigenvalue weighted by Crippen LogP contribution is -2.52. The number of hydrogen-bond acceptors (Lipinski definition) is 4. The Balaban J connectivity index is 2.04. The van der Waals surface area contributed by atoms with Crippen LogP contribution < -0.4 is 10.6 Å². The van der Waals surface area contributed by atoms with Crippen LogP contribution in [0.15, 0.2) is 73.3 Å². The molecule has 0 aliphatic heterocycles. The molecule has 30 heavy (non-hydrogen) atoms. The van der Waals surface area contributed by atoms with Crippen molar-refractivity contribution in [2.75, 3.05) is 0 Å². The second-order valence-electron chi connectivity index (χ2n) is 6.71. The number of amides is 2. The fourth-order valence-electron chi connectivity index (χ4n) is 2.78. The van der Waals surface area contributed by atoms with Gasteiger partial charge in [0.1, 0.15) is 18.7 Å². The monoisotopic (exact) mass is 410 g/mol. The van der Waals surface area contributed by atoms with E-state index in [1.807, 2.05) is 60.7 Å². The van der Waals surface area contributed by atoms with Gasteiger partial charge in [0.05, 0.1) is 0 Å². The van der Waals surface area contributed by atoms with Crippen molar-refractivity contribution in [3.8, 4) is 0 Å². The third-order valence-electron chi connectivity index (χ3n) is 4.38. The predicted molar refractivity (Wildman–Crippen MR) is 113 cm³/mol. The van der Waals surface area contributed by atoms with Crippen molar-refractivity contribution in [3.63, 3.8) is 0 Å². The smallest absolute Gasteiger partial charge is 0.408 e. The van der Waals surface area contributed by atoms with Gasteiger partial charge in [-0.15, -0.1) is 6.58 Å². The fourth-order valence-corrected chi connectivity index (χ4v) is 2.78. The van der Waals surface area contributed by atoms with E-state index in [2.05, 4.69) is 17.2 Å². The minimum Gasteiger partial charge on any atom is -0.480 e. The maximum absolute atomic E-state index is 12.8. The topological polar surface area (TPSA) is 105 Å². The summed E-state index contributed by atoms with van der Waals surface area (Å²) in [6, 6.07) is 16.2. The van der Waals surface area contributed by atoms with Gasteiger partial charge in [-0.3, -0.25) is 4.79 Å². The van der Waals surface area contributed by atoms with Crippen LogP contribution in [0.3, 0.4) is 0 Å². The van der Waals surface area contributed by atoms with Gasteiger partial charge >= 0.3 is 12.1 Å². The molecule has 7 heteroatoms. The van der Waals surface area contributed by atoms with Crippen LogP contribution in [0.5, 0.6) is 0 Å². The van der Waals surface area contributed by atoms with Gasteiger partial charge < -0.3 is 20.5 Å². The van der Waals surface area contributed by atoms with Gasteiger partial charge in [-0.05, 0) is 24.0 Å². The van der Waals surface area contributed by atoms with Crippen LogP contribution >= 0.6 is 0 Å². The number of carbonyl (C=O) groups is 3. The van der Waals surface area contributed by atoms with Gasteiger partial charge in [-0.1, -0.05) is 66.7 Å². The maximum Gasteiger partial charge on any atom is 0.408 e. The zero-order valence-electron chi connectivity index (χ0n) is 16.6. The minimum atomic E-state index is -1.14. The van der Waals surface area contributed by atoms with Gasteiger partial charge in [0.15, 0.2) is 0 Å². The van der Waals surface area contributed by atoms with Crippen LogP contribution in [-0.2, 0) is 27.4 Å². The van der Waals surface area contributed by atoms with E-state index in [0.717, 1.165) is 11.1 Å². The highest BCUT2D eigenvalue weighted by atomic mass is 16.5. The predicted octanol–water partition coefficient (Wildman–Crippen LogP) is 3.06. The van der Waals surface area contributed by atoms with Crippen LogP contribution in [0.1, 0.15) is 24.0 Å². The summed E-state index contributed by atoms with van der Waals surface area (Å²) in [5.41, 5.74) is 1.63. The molecule has 158 valence electrons. The van der Waals surface area contributed by atoms with Crippen molar-refractivity contribution in [1.82, 2.24) is 10.6 Å². The summed E-state index contributed by atoms with van der Waals surface area (Å²) in [6.07, 6.45) is 1.67. The fraction of sp³-hybridized carbons (Fsp3) is 0.261. The molecule has 0 fully saturated rings. The molecule has 0 radical (unpaired) electrons. The molecule has 0 saturated heterocycles. The molecule has 2 rings (SSSR count). The normalized spacial score (nSPS) is 12.3. The molecule has 2 aromatic carbocycles. The van der Waals surface area contributed by atoms with E-state index in [4.69, 9.17) is 4.74 Å². The number of benzene rings is 2. The van der Waals surface area contributed by atoms with Crippen molar-refractivity contribution in [1.29, 1.82) is 0 Å². The van der Waals surface area contributed by atoms with Crippen LogP contribution in [0.2, 0.25) is 0 Å². The first-order valence-electron chi connectivity index (χ1n) is 9.64. The third-order valence-corrected chi connectivity index (χ3v) is 4.38. The number of alkyl carbamates (subject to hydrolysis) is 1. The summed E-state index contributed by atoms with van der Waals surface area (Å²) in [5.74, 6) is -1.73. The van der Waals surface area contributed by atoms with Gasteiger partial charge in [-0.2, -0.15) is 0 Å². The van der Waals surface area contributed by atoms with E-state index in [1.54, 1.807) is 6.08 Å². The highest BCUT2D eigenvalue weighted by Crippen LogP contribution is 2.07. The average Bonchev–Trinajstić information content (AvgIpc) is 2.76. The van der Waals surface area contributed by atoms with Gasteiger partial charge in [-0.25, -0.2) is 9.59 Å². The molecule has 0 spiro atoms. The summed E-state index contributed by atoms with van der Waals surface area (Å²) in [5, 5.41) is 14.4. The van der Waals surface area contributed by atoms with E-state index < -0.39 is 30.1 Å². The first-order chi connectivity index (χ1) is 14.5. The number of allylic oxidation sites excluding steroid dienone is 1. The maximum atomic E-state index is 12.8. The molecule has 2 atom stereocenters. The lowest BCUT2D eigenvalue weighted by molar-refractivity contribution is -0.142. The lowest BCUT2D eigenvalue weighted by Gasteiger charge is -2.21. The molecule has 0 heterocycles. The largest absolute Gasteiger partial charge is 0.480 e. The Hall–Kier alpha value is -3.61. The van der Waals surface area contributed by atoms with Crippen molar-refractivity contribution in [2.45, 2.75) is 38.0 Å².